The van der Waals surface area contributed by atoms with Crippen LogP contribution in [0, 0.1) is 0 Å². The van der Waals surface area contributed by atoms with E-state index in [1.165, 1.54) is 0 Å². The molecule has 0 fully saturated rings. The summed E-state index contributed by atoms with van der Waals surface area (Å²) in [6, 6.07) is 0. The van der Waals surface area contributed by atoms with Crippen molar-refractivity contribution in [1.29, 1.82) is 0 Å². The van der Waals surface area contributed by atoms with Gasteiger partial charge in [-0.2, -0.15) is 0 Å². The second kappa shape index (κ2) is 11.5. The molecule has 0 unspecified atom stereocenters. The standard InChI is InChI=1S/C12H24N4O3/c1-3-5-14-12(19)9-16-11(18)8-10(17)15-7-4-6-13-2/h13H,3-9H2,1-2H3,(H,14,19)(H,15,17)(H,16,18). The Bertz CT molecular complexity index is 295. The molecule has 3 amide bonds. The van der Waals surface area contributed by atoms with Gasteiger partial charge in [0.1, 0.15) is 6.42 Å². The SMILES string of the molecule is CCCNC(=O)CNC(=O)CC(=O)NCCCNC. The van der Waals surface area contributed by atoms with Gasteiger partial charge in [0.2, 0.25) is 17.7 Å². The van der Waals surface area contributed by atoms with Crippen LogP contribution in [-0.4, -0.2) is 50.9 Å². The third kappa shape index (κ3) is 11.2. The van der Waals surface area contributed by atoms with Gasteiger partial charge in [-0.15, -0.1) is 0 Å². The Morgan fingerprint density at radius 3 is 2.11 bits per heavy atom. The van der Waals surface area contributed by atoms with Crippen LogP contribution in [0.3, 0.4) is 0 Å². The van der Waals surface area contributed by atoms with E-state index in [0.717, 1.165) is 19.4 Å². The molecule has 7 nitrogen and oxygen atoms in total. The van der Waals surface area contributed by atoms with E-state index in [9.17, 15) is 14.4 Å². The fraction of sp³-hybridized carbons (Fsp3) is 0.750. The largest absolute Gasteiger partial charge is 0.356 e. The molecule has 0 spiro atoms. The van der Waals surface area contributed by atoms with Crippen molar-refractivity contribution < 1.29 is 14.4 Å². The number of hydrogen-bond acceptors (Lipinski definition) is 4. The maximum atomic E-state index is 11.4. The summed E-state index contributed by atoms with van der Waals surface area (Å²) in [5.74, 6) is -1.02. The summed E-state index contributed by atoms with van der Waals surface area (Å²) in [5.41, 5.74) is 0. The molecule has 0 atom stereocenters. The van der Waals surface area contributed by atoms with Crippen molar-refractivity contribution >= 4 is 17.7 Å². The average Bonchev–Trinajstić information content (AvgIpc) is 2.39. The number of carbonyl (C=O) groups excluding carboxylic acids is 3. The zero-order chi connectivity index (χ0) is 14.5. The monoisotopic (exact) mass is 272 g/mol. The number of amides is 3. The van der Waals surface area contributed by atoms with Crippen molar-refractivity contribution in [2.24, 2.45) is 0 Å². The Morgan fingerprint density at radius 2 is 1.47 bits per heavy atom. The topological polar surface area (TPSA) is 99.3 Å². The first kappa shape index (κ1) is 17.4. The van der Waals surface area contributed by atoms with Crippen molar-refractivity contribution in [2.45, 2.75) is 26.2 Å². The Hall–Kier alpha value is -1.63. The van der Waals surface area contributed by atoms with Gasteiger partial charge in [0.05, 0.1) is 6.54 Å². The molecular weight excluding hydrogens is 248 g/mol. The molecule has 0 aliphatic heterocycles. The van der Waals surface area contributed by atoms with Gasteiger partial charge in [-0.05, 0) is 26.4 Å². The molecule has 0 aliphatic rings. The molecule has 0 heterocycles. The van der Waals surface area contributed by atoms with Gasteiger partial charge in [-0.3, -0.25) is 14.4 Å². The first-order chi connectivity index (χ1) is 9.10. The molecule has 0 radical (unpaired) electrons. The van der Waals surface area contributed by atoms with E-state index in [0.29, 0.717) is 13.1 Å². The van der Waals surface area contributed by atoms with Crippen LogP contribution >= 0.6 is 0 Å². The van der Waals surface area contributed by atoms with Gasteiger partial charge in [0.25, 0.3) is 0 Å². The third-order valence-corrected chi connectivity index (χ3v) is 2.27. The van der Waals surface area contributed by atoms with E-state index >= 15 is 0 Å². The highest BCUT2D eigenvalue weighted by Gasteiger charge is 2.09. The second-order valence-electron chi connectivity index (χ2n) is 4.11. The lowest BCUT2D eigenvalue weighted by Gasteiger charge is -2.07. The van der Waals surface area contributed by atoms with Gasteiger partial charge in [0, 0.05) is 13.1 Å². The highest BCUT2D eigenvalue weighted by molar-refractivity contribution is 5.98. The van der Waals surface area contributed by atoms with E-state index in [4.69, 9.17) is 0 Å². The predicted molar refractivity (Wildman–Crippen MR) is 72.5 cm³/mol. The van der Waals surface area contributed by atoms with Gasteiger partial charge >= 0.3 is 0 Å². The lowest BCUT2D eigenvalue weighted by Crippen LogP contribution is -2.39. The summed E-state index contributed by atoms with van der Waals surface area (Å²) in [5, 5.41) is 10.6. The van der Waals surface area contributed by atoms with Crippen LogP contribution in [0.2, 0.25) is 0 Å². The second-order valence-corrected chi connectivity index (χ2v) is 4.11. The number of rotatable bonds is 10. The zero-order valence-corrected chi connectivity index (χ0v) is 11.7. The summed E-state index contributed by atoms with van der Waals surface area (Å²) in [4.78, 5) is 33.9. The lowest BCUT2D eigenvalue weighted by molar-refractivity contribution is -0.131. The molecule has 0 aromatic heterocycles. The minimum atomic E-state index is -0.447. The molecular formula is C12H24N4O3. The van der Waals surface area contributed by atoms with E-state index < -0.39 is 5.91 Å². The highest BCUT2D eigenvalue weighted by atomic mass is 16.2. The van der Waals surface area contributed by atoms with Crippen LogP contribution in [-0.2, 0) is 14.4 Å². The van der Waals surface area contributed by atoms with Crippen LogP contribution in [0.5, 0.6) is 0 Å². The predicted octanol–water partition coefficient (Wildman–Crippen LogP) is -1.26. The quantitative estimate of drug-likeness (QED) is 0.295. The number of carbonyl (C=O) groups is 3. The van der Waals surface area contributed by atoms with Crippen LogP contribution in [0.25, 0.3) is 0 Å². The molecule has 4 N–H and O–H groups in total. The molecule has 0 saturated carbocycles. The van der Waals surface area contributed by atoms with Gasteiger partial charge in [-0.1, -0.05) is 6.92 Å². The molecule has 0 rings (SSSR count). The third-order valence-electron chi connectivity index (χ3n) is 2.27. The Morgan fingerprint density at radius 1 is 0.842 bits per heavy atom. The smallest absolute Gasteiger partial charge is 0.239 e. The van der Waals surface area contributed by atoms with E-state index in [1.807, 2.05) is 14.0 Å². The van der Waals surface area contributed by atoms with Gasteiger partial charge in [-0.25, -0.2) is 0 Å². The highest BCUT2D eigenvalue weighted by Crippen LogP contribution is 1.82. The summed E-state index contributed by atoms with van der Waals surface area (Å²) in [7, 11) is 1.83. The summed E-state index contributed by atoms with van der Waals surface area (Å²) in [6.07, 6.45) is 1.40. The van der Waals surface area contributed by atoms with Crippen molar-refractivity contribution in [3.8, 4) is 0 Å². The fourth-order valence-electron chi connectivity index (χ4n) is 1.27. The fourth-order valence-corrected chi connectivity index (χ4v) is 1.27. The summed E-state index contributed by atoms with van der Waals surface area (Å²) in [6.45, 7) is 3.78. The minimum Gasteiger partial charge on any atom is -0.356 e. The molecule has 0 aliphatic carbocycles. The molecule has 7 heteroatoms. The number of nitrogens with one attached hydrogen (secondary N) is 4. The normalized spacial score (nSPS) is 9.79. The Labute approximate surface area is 113 Å². The molecule has 0 saturated heterocycles. The summed E-state index contributed by atoms with van der Waals surface area (Å²) < 4.78 is 0. The Balaban J connectivity index is 3.61. The maximum absolute atomic E-state index is 11.4. The van der Waals surface area contributed by atoms with Crippen LogP contribution in [0.1, 0.15) is 26.2 Å². The van der Waals surface area contributed by atoms with E-state index in [2.05, 4.69) is 21.3 Å². The minimum absolute atomic E-state index is 0.0914. The van der Waals surface area contributed by atoms with Gasteiger partial charge < -0.3 is 21.3 Å². The molecule has 19 heavy (non-hydrogen) atoms. The molecule has 0 aromatic rings. The lowest BCUT2D eigenvalue weighted by atomic mass is 10.3. The van der Waals surface area contributed by atoms with Crippen LogP contribution in [0.15, 0.2) is 0 Å². The van der Waals surface area contributed by atoms with Crippen molar-refractivity contribution in [1.82, 2.24) is 21.3 Å². The Kier molecular flexibility index (Phi) is 10.5. The zero-order valence-electron chi connectivity index (χ0n) is 11.7. The van der Waals surface area contributed by atoms with Crippen molar-refractivity contribution in [3.05, 3.63) is 0 Å². The van der Waals surface area contributed by atoms with E-state index in [1.54, 1.807) is 0 Å². The first-order valence-electron chi connectivity index (χ1n) is 6.54. The molecule has 0 aromatic carbocycles. The van der Waals surface area contributed by atoms with Crippen LogP contribution in [0.4, 0.5) is 0 Å². The number of hydrogen-bond donors (Lipinski definition) is 4. The molecule has 0 bridgehead atoms. The van der Waals surface area contributed by atoms with Crippen LogP contribution < -0.4 is 21.3 Å². The first-order valence-corrected chi connectivity index (χ1v) is 6.54. The van der Waals surface area contributed by atoms with Crippen molar-refractivity contribution in [3.63, 3.8) is 0 Å². The average molecular weight is 272 g/mol. The van der Waals surface area contributed by atoms with Crippen molar-refractivity contribution in [2.75, 3.05) is 33.2 Å². The summed E-state index contributed by atoms with van der Waals surface area (Å²) >= 11 is 0. The maximum Gasteiger partial charge on any atom is 0.239 e. The molecule has 110 valence electrons. The van der Waals surface area contributed by atoms with Gasteiger partial charge in [0.15, 0.2) is 0 Å². The van der Waals surface area contributed by atoms with E-state index in [-0.39, 0.29) is 24.8 Å².